The first-order chi connectivity index (χ1) is 3.50. The van der Waals surface area contributed by atoms with E-state index in [1.165, 1.54) is 0 Å². The Bertz CT molecular complexity index is 101. The van der Waals surface area contributed by atoms with Crippen molar-refractivity contribution < 1.29 is 20.1 Å². The Labute approximate surface area is 64.7 Å². The second-order valence-corrected chi connectivity index (χ2v) is 1.74. The van der Waals surface area contributed by atoms with Crippen LogP contribution in [0.4, 0.5) is 0 Å². The third-order valence-electron chi connectivity index (χ3n) is 0.769. The molecule has 0 radical (unpaired) electrons. The van der Waals surface area contributed by atoms with E-state index in [0.29, 0.717) is 0 Å². The van der Waals surface area contributed by atoms with Crippen LogP contribution in [0.15, 0.2) is 0 Å². The maximum atomic E-state index is 9.84. The molecule has 0 unspecified atom stereocenters. The van der Waals surface area contributed by atoms with E-state index >= 15 is 0 Å². The Hall–Kier alpha value is -0.0126. The zero-order valence-electron chi connectivity index (χ0n) is 4.46. The molecule has 0 rings (SSSR count). The van der Waals surface area contributed by atoms with E-state index < -0.39 is 18.2 Å². The van der Waals surface area contributed by atoms with Crippen molar-refractivity contribution in [1.29, 1.82) is 0 Å². The molecule has 0 saturated carbocycles. The number of carbonyl (C=O) groups is 1. The van der Waals surface area contributed by atoms with Crippen LogP contribution in [0.2, 0.25) is 0 Å². The summed E-state index contributed by atoms with van der Waals surface area (Å²) in [5.74, 6) is -1.42. The molecule has 0 aliphatic heterocycles. The number of aliphatic hydroxyl groups excluding tert-OH is 1. The van der Waals surface area contributed by atoms with E-state index in [9.17, 15) is 4.79 Å². The van der Waals surface area contributed by atoms with Gasteiger partial charge in [0.15, 0.2) is 5.60 Å². The Kier molecular flexibility index (Phi) is 5.10. The number of carboxylic acids is 1. The van der Waals surface area contributed by atoms with Gasteiger partial charge in [-0.3, -0.25) is 0 Å². The van der Waals surface area contributed by atoms with Crippen LogP contribution >= 0.6 is 0 Å². The predicted molar refractivity (Wildman–Crippen MR) is 32.5 cm³/mol. The number of aliphatic carboxylic acids is 1. The van der Waals surface area contributed by atoms with Gasteiger partial charge in [0.1, 0.15) is 0 Å². The van der Waals surface area contributed by atoms with E-state index in [2.05, 4.69) is 0 Å². The summed E-state index contributed by atoms with van der Waals surface area (Å²) >= 11 is 0. The molecule has 0 aliphatic carbocycles. The summed E-state index contributed by atoms with van der Waals surface area (Å²) in [4.78, 5) is 9.84. The quantitative estimate of drug-likeness (QED) is 0.382. The fraction of sp³-hybridized carbons (Fsp3) is 0.750. The van der Waals surface area contributed by atoms with Gasteiger partial charge in [-0.05, 0) is 6.92 Å². The molecule has 0 spiro atoms. The van der Waals surface area contributed by atoms with E-state index in [1.54, 1.807) is 0 Å². The Morgan fingerprint density at radius 3 is 2.00 bits per heavy atom. The Morgan fingerprint density at radius 1 is 1.67 bits per heavy atom. The molecular weight excluding hydrogens is 119 g/mol. The van der Waals surface area contributed by atoms with Gasteiger partial charge in [-0.1, -0.05) is 0 Å². The first-order valence-corrected chi connectivity index (χ1v) is 2.07. The molecule has 3 N–H and O–H groups in total. The zero-order chi connectivity index (χ0) is 6.78. The van der Waals surface area contributed by atoms with Crippen molar-refractivity contribution in [3.8, 4) is 0 Å². The molecule has 4 nitrogen and oxygen atoms in total. The molecule has 0 amide bonds. The van der Waals surface area contributed by atoms with Crippen molar-refractivity contribution in [3.63, 3.8) is 0 Å². The molecule has 50 valence electrons. The van der Waals surface area contributed by atoms with Gasteiger partial charge in [0, 0.05) is 0 Å². The number of hydrogen-bond donors (Lipinski definition) is 3. The van der Waals surface area contributed by atoms with Crippen molar-refractivity contribution in [1.82, 2.24) is 0 Å². The van der Waals surface area contributed by atoms with E-state index in [0.717, 1.165) is 6.92 Å². The molecule has 0 saturated heterocycles. The number of aliphatic hydroxyl groups is 2. The van der Waals surface area contributed by atoms with Crippen LogP contribution in [-0.2, 0) is 4.79 Å². The van der Waals surface area contributed by atoms with Gasteiger partial charge < -0.3 is 15.3 Å². The van der Waals surface area contributed by atoms with Crippen molar-refractivity contribution >= 4 is 24.8 Å². The monoisotopic (exact) mass is 128 g/mol. The summed E-state index contributed by atoms with van der Waals surface area (Å²) in [6.07, 6.45) is 0. The van der Waals surface area contributed by atoms with E-state index in [1.807, 2.05) is 0 Å². The molecule has 0 bridgehead atoms. The molecule has 0 fully saturated rings. The van der Waals surface area contributed by atoms with Gasteiger partial charge in [-0.2, -0.15) is 0 Å². The van der Waals surface area contributed by atoms with Crippen LogP contribution in [-0.4, -0.2) is 52.4 Å². The summed E-state index contributed by atoms with van der Waals surface area (Å²) in [5, 5.41) is 24.7. The second-order valence-electron chi connectivity index (χ2n) is 1.74. The molecule has 9 heavy (non-hydrogen) atoms. The van der Waals surface area contributed by atoms with Gasteiger partial charge in [0.25, 0.3) is 0 Å². The maximum absolute atomic E-state index is 9.84. The van der Waals surface area contributed by atoms with Crippen LogP contribution in [0.3, 0.4) is 0 Å². The molecule has 0 aromatic carbocycles. The minimum atomic E-state index is -1.99. The van der Waals surface area contributed by atoms with Gasteiger partial charge >= 0.3 is 24.8 Å². The van der Waals surface area contributed by atoms with Crippen LogP contribution in [0.1, 0.15) is 6.92 Å². The SMILES string of the molecule is C[C@@](O)(CO)C(=O)O.[LiH]. The first-order valence-electron chi connectivity index (χ1n) is 2.07. The van der Waals surface area contributed by atoms with Crippen molar-refractivity contribution in [2.75, 3.05) is 6.61 Å². The minimum absolute atomic E-state index is 0. The van der Waals surface area contributed by atoms with Crippen LogP contribution in [0.25, 0.3) is 0 Å². The Morgan fingerprint density at radius 2 is 2.00 bits per heavy atom. The molecule has 0 aliphatic rings. The fourth-order valence-corrected chi connectivity index (χ4v) is 0.0676. The number of hydrogen-bond acceptors (Lipinski definition) is 3. The van der Waals surface area contributed by atoms with Gasteiger partial charge in [-0.25, -0.2) is 4.79 Å². The van der Waals surface area contributed by atoms with Crippen molar-refractivity contribution in [3.05, 3.63) is 0 Å². The van der Waals surface area contributed by atoms with Crippen LogP contribution in [0.5, 0.6) is 0 Å². The normalized spacial score (nSPS) is 15.4. The van der Waals surface area contributed by atoms with E-state index in [4.69, 9.17) is 15.3 Å². The summed E-state index contributed by atoms with van der Waals surface area (Å²) in [6.45, 7) is 0.262. The summed E-state index contributed by atoms with van der Waals surface area (Å²) in [6, 6.07) is 0. The molecule has 1 atom stereocenters. The zero-order valence-corrected chi connectivity index (χ0v) is 4.46. The standard InChI is InChI=1S/C4H8O4.Li.H/c1-4(8,2-5)3(6)7;;/h5,8H,2H2,1H3,(H,6,7);;/t4-;;/m1../s1. The van der Waals surface area contributed by atoms with Gasteiger partial charge in [-0.15, -0.1) is 0 Å². The molecular formula is C4H9LiO4. The average molecular weight is 128 g/mol. The van der Waals surface area contributed by atoms with Crippen molar-refractivity contribution in [2.45, 2.75) is 12.5 Å². The third kappa shape index (κ3) is 3.54. The van der Waals surface area contributed by atoms with Crippen LogP contribution < -0.4 is 0 Å². The summed E-state index contributed by atoms with van der Waals surface area (Å²) in [7, 11) is 0. The van der Waals surface area contributed by atoms with Gasteiger partial charge in [0.2, 0.25) is 0 Å². The molecule has 5 heteroatoms. The molecule has 0 heterocycles. The topological polar surface area (TPSA) is 77.8 Å². The van der Waals surface area contributed by atoms with Gasteiger partial charge in [0.05, 0.1) is 6.61 Å². The average Bonchev–Trinajstić information content (AvgIpc) is 1.67. The van der Waals surface area contributed by atoms with E-state index in [-0.39, 0.29) is 18.9 Å². The number of rotatable bonds is 2. The second kappa shape index (κ2) is 3.91. The number of carboxylic acid groups (broad SMARTS) is 1. The third-order valence-corrected chi connectivity index (χ3v) is 0.769. The fourth-order valence-electron chi connectivity index (χ4n) is 0.0676. The summed E-state index contributed by atoms with van der Waals surface area (Å²) < 4.78 is 0. The van der Waals surface area contributed by atoms with Crippen molar-refractivity contribution in [2.24, 2.45) is 0 Å². The summed E-state index contributed by atoms with van der Waals surface area (Å²) in [5.41, 5.74) is -1.99. The molecule has 0 aromatic rings. The Balaban J connectivity index is 0. The molecule has 0 aromatic heterocycles. The predicted octanol–water partition coefficient (Wildman–Crippen LogP) is -1.83. The first kappa shape index (κ1) is 11.7. The van der Waals surface area contributed by atoms with Crippen LogP contribution in [0, 0.1) is 0 Å².